The van der Waals surface area contributed by atoms with Crippen LogP contribution in [-0.4, -0.2) is 49.2 Å². The van der Waals surface area contributed by atoms with Gasteiger partial charge in [-0.15, -0.1) is 0 Å². The van der Waals surface area contributed by atoms with Crippen molar-refractivity contribution in [3.63, 3.8) is 0 Å². The van der Waals surface area contributed by atoms with Crippen molar-refractivity contribution in [3.05, 3.63) is 54.1 Å². The van der Waals surface area contributed by atoms with E-state index in [-0.39, 0.29) is 26.5 Å². The first-order valence-electron chi connectivity index (χ1n) is 9.46. The van der Waals surface area contributed by atoms with E-state index < -0.39 is 23.4 Å². The molecule has 2 aliphatic rings. The summed E-state index contributed by atoms with van der Waals surface area (Å²) in [7, 11) is 0. The molecule has 2 N–H and O–H groups in total. The van der Waals surface area contributed by atoms with Crippen molar-refractivity contribution in [1.82, 2.24) is 15.5 Å². The zero-order valence-electron chi connectivity index (χ0n) is 16.3. The summed E-state index contributed by atoms with van der Waals surface area (Å²) in [6.45, 7) is 1.84. The maximum atomic E-state index is 13.0. The van der Waals surface area contributed by atoms with E-state index in [1.807, 2.05) is 30.3 Å². The average molecular weight is 411 g/mol. The molecule has 9 nitrogen and oxygen atoms in total. The van der Waals surface area contributed by atoms with Gasteiger partial charge >= 0.3 is 6.03 Å². The third-order valence-corrected chi connectivity index (χ3v) is 4.96. The van der Waals surface area contributed by atoms with E-state index in [1.165, 1.54) is 0 Å². The SMILES string of the molecule is C[C@]1(c2ccc3c(c2)OCO3)NC(=O)N(CC(=O)NCCOc2ccccc2)C1=O. The van der Waals surface area contributed by atoms with Crippen LogP contribution in [-0.2, 0) is 15.1 Å². The number of nitrogens with zero attached hydrogens (tertiary/aromatic N) is 1. The predicted octanol–water partition coefficient (Wildman–Crippen LogP) is 1.38. The fraction of sp³-hybridized carbons (Fsp3) is 0.286. The highest BCUT2D eigenvalue weighted by atomic mass is 16.7. The van der Waals surface area contributed by atoms with Crippen LogP contribution in [0, 0.1) is 0 Å². The van der Waals surface area contributed by atoms with Crippen LogP contribution in [0.2, 0.25) is 0 Å². The molecule has 30 heavy (non-hydrogen) atoms. The Hall–Kier alpha value is -3.75. The van der Waals surface area contributed by atoms with Crippen LogP contribution in [0.25, 0.3) is 0 Å². The molecule has 0 aromatic heterocycles. The van der Waals surface area contributed by atoms with E-state index in [0.717, 1.165) is 4.90 Å². The average Bonchev–Trinajstić information content (AvgIpc) is 3.30. The molecule has 156 valence electrons. The largest absolute Gasteiger partial charge is 0.492 e. The van der Waals surface area contributed by atoms with Crippen molar-refractivity contribution >= 4 is 17.8 Å². The van der Waals surface area contributed by atoms with Gasteiger partial charge in [-0.25, -0.2) is 4.79 Å². The zero-order valence-corrected chi connectivity index (χ0v) is 16.3. The number of benzene rings is 2. The van der Waals surface area contributed by atoms with Crippen LogP contribution in [0.3, 0.4) is 0 Å². The Bertz CT molecular complexity index is 980. The van der Waals surface area contributed by atoms with E-state index in [9.17, 15) is 14.4 Å². The smallest absolute Gasteiger partial charge is 0.325 e. The number of fused-ring (bicyclic) bond motifs is 1. The lowest BCUT2D eigenvalue weighted by Crippen LogP contribution is -2.43. The predicted molar refractivity (Wildman–Crippen MR) is 105 cm³/mol. The number of hydrogen-bond donors (Lipinski definition) is 2. The molecule has 0 saturated carbocycles. The van der Waals surface area contributed by atoms with E-state index in [1.54, 1.807) is 25.1 Å². The highest BCUT2D eigenvalue weighted by Gasteiger charge is 2.49. The van der Waals surface area contributed by atoms with E-state index in [2.05, 4.69) is 10.6 Å². The molecule has 9 heteroatoms. The molecule has 0 spiro atoms. The van der Waals surface area contributed by atoms with Gasteiger partial charge < -0.3 is 24.8 Å². The molecule has 2 heterocycles. The van der Waals surface area contributed by atoms with Gasteiger partial charge in [0.15, 0.2) is 11.5 Å². The van der Waals surface area contributed by atoms with Gasteiger partial charge in [0.2, 0.25) is 12.7 Å². The summed E-state index contributed by atoms with van der Waals surface area (Å²) in [5.41, 5.74) is -0.751. The van der Waals surface area contributed by atoms with Crippen molar-refractivity contribution in [2.45, 2.75) is 12.5 Å². The molecule has 1 fully saturated rings. The molecule has 0 unspecified atom stereocenters. The number of urea groups is 1. The highest BCUT2D eigenvalue weighted by molar-refractivity contribution is 6.09. The van der Waals surface area contributed by atoms with Crippen LogP contribution >= 0.6 is 0 Å². The monoisotopic (exact) mass is 411 g/mol. The Balaban J connectivity index is 1.34. The molecule has 2 aromatic carbocycles. The molecule has 0 radical (unpaired) electrons. The van der Waals surface area contributed by atoms with Gasteiger partial charge in [-0.2, -0.15) is 0 Å². The Labute approximate surface area is 172 Å². The highest BCUT2D eigenvalue weighted by Crippen LogP contribution is 2.37. The molecular formula is C21H21N3O6. The number of para-hydroxylation sites is 1. The summed E-state index contributed by atoms with van der Waals surface area (Å²) in [5, 5.41) is 5.32. The normalized spacial score (nSPS) is 19.6. The number of imide groups is 1. The lowest BCUT2D eigenvalue weighted by Gasteiger charge is -2.22. The van der Waals surface area contributed by atoms with Crippen molar-refractivity contribution in [3.8, 4) is 17.2 Å². The lowest BCUT2D eigenvalue weighted by molar-refractivity contribution is -0.134. The van der Waals surface area contributed by atoms with Crippen LogP contribution in [0.1, 0.15) is 12.5 Å². The Morgan fingerprint density at radius 1 is 1.17 bits per heavy atom. The number of carbonyl (C=O) groups excluding carboxylic acids is 3. The zero-order chi connectivity index (χ0) is 21.1. The summed E-state index contributed by atoms with van der Waals surface area (Å²) in [5.74, 6) is 0.811. The number of carbonyl (C=O) groups is 3. The van der Waals surface area contributed by atoms with Gasteiger partial charge in [0.05, 0.1) is 6.54 Å². The van der Waals surface area contributed by atoms with Crippen molar-refractivity contribution in [2.24, 2.45) is 0 Å². The second-order valence-electron chi connectivity index (χ2n) is 7.03. The fourth-order valence-corrected chi connectivity index (χ4v) is 3.32. The first-order chi connectivity index (χ1) is 14.5. The molecule has 0 bridgehead atoms. The topological polar surface area (TPSA) is 106 Å². The van der Waals surface area contributed by atoms with Crippen molar-refractivity contribution < 1.29 is 28.6 Å². The third kappa shape index (κ3) is 3.73. The summed E-state index contributed by atoms with van der Waals surface area (Å²) in [4.78, 5) is 38.5. The van der Waals surface area contributed by atoms with Gasteiger partial charge in [-0.05, 0) is 36.8 Å². The van der Waals surface area contributed by atoms with Crippen molar-refractivity contribution in [2.75, 3.05) is 26.5 Å². The third-order valence-electron chi connectivity index (χ3n) is 4.96. The number of nitrogens with one attached hydrogen (secondary N) is 2. The van der Waals surface area contributed by atoms with Crippen molar-refractivity contribution in [1.29, 1.82) is 0 Å². The van der Waals surface area contributed by atoms with Gasteiger partial charge in [-0.1, -0.05) is 24.3 Å². The fourth-order valence-electron chi connectivity index (χ4n) is 3.32. The first-order valence-corrected chi connectivity index (χ1v) is 9.46. The molecule has 1 saturated heterocycles. The van der Waals surface area contributed by atoms with Gasteiger partial charge in [0.25, 0.3) is 5.91 Å². The Morgan fingerprint density at radius 3 is 2.73 bits per heavy atom. The van der Waals surface area contributed by atoms with Crippen LogP contribution in [0.5, 0.6) is 17.2 Å². The van der Waals surface area contributed by atoms with E-state index in [4.69, 9.17) is 14.2 Å². The Morgan fingerprint density at radius 2 is 1.93 bits per heavy atom. The number of hydrogen-bond acceptors (Lipinski definition) is 6. The maximum Gasteiger partial charge on any atom is 0.325 e. The molecule has 1 atom stereocenters. The second-order valence-corrected chi connectivity index (χ2v) is 7.03. The molecule has 0 aliphatic carbocycles. The second kappa shape index (κ2) is 7.94. The minimum atomic E-state index is -1.30. The molecular weight excluding hydrogens is 390 g/mol. The summed E-state index contributed by atoms with van der Waals surface area (Å²) >= 11 is 0. The molecule has 4 rings (SSSR count). The van der Waals surface area contributed by atoms with Crippen LogP contribution in [0.15, 0.2) is 48.5 Å². The Kier molecular flexibility index (Phi) is 5.18. The van der Waals surface area contributed by atoms with Crippen LogP contribution in [0.4, 0.5) is 4.79 Å². The molecule has 2 aromatic rings. The van der Waals surface area contributed by atoms with E-state index >= 15 is 0 Å². The summed E-state index contributed by atoms with van der Waals surface area (Å²) in [6.07, 6.45) is 0. The standard InChI is InChI=1S/C21H21N3O6/c1-21(14-7-8-16-17(11-14)30-13-29-16)19(26)24(20(27)23-21)12-18(25)22-9-10-28-15-5-3-2-4-6-15/h2-8,11H,9-10,12-13H2,1H3,(H,22,25)(H,23,27)/t21-/m1/s1. The van der Waals surface area contributed by atoms with E-state index in [0.29, 0.717) is 22.8 Å². The number of amides is 4. The minimum Gasteiger partial charge on any atom is -0.492 e. The summed E-state index contributed by atoms with van der Waals surface area (Å²) in [6, 6.07) is 13.6. The lowest BCUT2D eigenvalue weighted by atomic mass is 9.91. The van der Waals surface area contributed by atoms with Crippen LogP contribution < -0.4 is 24.8 Å². The van der Waals surface area contributed by atoms with Gasteiger partial charge in [0.1, 0.15) is 24.4 Å². The quantitative estimate of drug-likeness (QED) is 0.527. The molecule has 4 amide bonds. The summed E-state index contributed by atoms with van der Waals surface area (Å²) < 4.78 is 16.1. The number of rotatable bonds is 7. The minimum absolute atomic E-state index is 0.107. The van der Waals surface area contributed by atoms with Gasteiger partial charge in [-0.3, -0.25) is 14.5 Å². The first kappa shape index (κ1) is 19.6. The molecule has 2 aliphatic heterocycles. The number of ether oxygens (including phenoxy) is 3. The van der Waals surface area contributed by atoms with Gasteiger partial charge in [0, 0.05) is 0 Å². The maximum absolute atomic E-state index is 13.0.